The highest BCUT2D eigenvalue weighted by Crippen LogP contribution is 2.28. The number of nitrogens with one attached hydrogen (secondary N) is 1. The Morgan fingerprint density at radius 3 is 2.79 bits per heavy atom. The second-order valence-electron chi connectivity index (χ2n) is 5.82. The zero-order valence-corrected chi connectivity index (χ0v) is 14.8. The van der Waals surface area contributed by atoms with Crippen LogP contribution in [0.5, 0.6) is 0 Å². The summed E-state index contributed by atoms with van der Waals surface area (Å²) >= 11 is 7.49. The van der Waals surface area contributed by atoms with Gasteiger partial charge in [-0.05, 0) is 43.0 Å². The molecule has 2 aromatic carbocycles. The lowest BCUT2D eigenvalue weighted by Gasteiger charge is -2.03. The van der Waals surface area contributed by atoms with Crippen molar-refractivity contribution in [3.63, 3.8) is 0 Å². The van der Waals surface area contributed by atoms with Crippen LogP contribution >= 0.6 is 22.9 Å². The number of halogens is 1. The number of hydrazone groups is 1. The maximum Gasteiger partial charge on any atom is 0.203 e. The van der Waals surface area contributed by atoms with Crippen molar-refractivity contribution in [2.24, 2.45) is 5.10 Å². The van der Waals surface area contributed by atoms with Crippen molar-refractivity contribution in [1.29, 1.82) is 0 Å². The summed E-state index contributed by atoms with van der Waals surface area (Å²) in [5.74, 6) is 0. The first-order chi connectivity index (χ1) is 11.7. The van der Waals surface area contributed by atoms with Crippen molar-refractivity contribution in [1.82, 2.24) is 4.98 Å². The lowest BCUT2D eigenvalue weighted by Crippen LogP contribution is -2.00. The third-order valence-electron chi connectivity index (χ3n) is 4.26. The summed E-state index contributed by atoms with van der Waals surface area (Å²) in [6.07, 6.45) is 2.04. The van der Waals surface area contributed by atoms with Crippen LogP contribution in [-0.4, -0.2) is 10.7 Å². The van der Waals surface area contributed by atoms with Crippen LogP contribution in [0.1, 0.15) is 23.1 Å². The van der Waals surface area contributed by atoms with E-state index >= 15 is 0 Å². The Labute approximate surface area is 150 Å². The van der Waals surface area contributed by atoms with E-state index in [1.165, 1.54) is 16.7 Å². The second kappa shape index (κ2) is 6.38. The Bertz CT molecular complexity index is 913. The molecule has 0 saturated heterocycles. The van der Waals surface area contributed by atoms with Crippen molar-refractivity contribution >= 4 is 33.8 Å². The zero-order valence-electron chi connectivity index (χ0n) is 13.2. The fourth-order valence-corrected chi connectivity index (χ4v) is 3.78. The largest absolute Gasteiger partial charge is 0.252 e. The average molecular weight is 354 g/mol. The number of fused-ring (bicyclic) bond motifs is 1. The molecule has 120 valence electrons. The molecule has 0 radical (unpaired) electrons. The number of thiazole rings is 1. The van der Waals surface area contributed by atoms with Gasteiger partial charge in [0.05, 0.1) is 11.4 Å². The predicted molar refractivity (Wildman–Crippen MR) is 102 cm³/mol. The first-order valence-electron chi connectivity index (χ1n) is 7.83. The van der Waals surface area contributed by atoms with Crippen LogP contribution in [0.15, 0.2) is 52.9 Å². The smallest absolute Gasteiger partial charge is 0.203 e. The molecule has 3 nitrogen and oxygen atoms in total. The van der Waals surface area contributed by atoms with Crippen LogP contribution in [0.4, 0.5) is 5.13 Å². The number of anilines is 1. The van der Waals surface area contributed by atoms with E-state index in [4.69, 9.17) is 11.6 Å². The Hall–Kier alpha value is -2.17. The van der Waals surface area contributed by atoms with Gasteiger partial charge in [-0.2, -0.15) is 5.10 Å². The van der Waals surface area contributed by atoms with Crippen LogP contribution in [0, 0.1) is 6.92 Å². The van der Waals surface area contributed by atoms with Crippen molar-refractivity contribution < 1.29 is 0 Å². The maximum absolute atomic E-state index is 5.93. The molecule has 1 heterocycles. The summed E-state index contributed by atoms with van der Waals surface area (Å²) in [6.45, 7) is 2.16. The zero-order chi connectivity index (χ0) is 16.5. The summed E-state index contributed by atoms with van der Waals surface area (Å²) < 4.78 is 0. The molecule has 0 aliphatic heterocycles. The summed E-state index contributed by atoms with van der Waals surface area (Å²) in [5.41, 5.74) is 10.2. The molecule has 0 saturated carbocycles. The fraction of sp³-hybridized carbons (Fsp3) is 0.158. The third-order valence-corrected chi connectivity index (χ3v) is 5.26. The molecule has 0 fully saturated rings. The number of aromatic nitrogens is 1. The molecule has 0 spiro atoms. The maximum atomic E-state index is 5.93. The summed E-state index contributed by atoms with van der Waals surface area (Å²) in [4.78, 5) is 4.60. The quantitative estimate of drug-likeness (QED) is 0.628. The topological polar surface area (TPSA) is 37.3 Å². The molecule has 0 bridgehead atoms. The highest BCUT2D eigenvalue weighted by molar-refractivity contribution is 7.14. The SMILES string of the molecule is Cc1cccc2c1CC/C2=N\Nc1nc(-c2ccc(Cl)cc2)cs1. The van der Waals surface area contributed by atoms with Crippen LogP contribution in [0.3, 0.4) is 0 Å². The van der Waals surface area contributed by atoms with Crippen LogP contribution in [0.25, 0.3) is 11.3 Å². The van der Waals surface area contributed by atoms with Gasteiger partial charge in [-0.1, -0.05) is 41.9 Å². The van der Waals surface area contributed by atoms with Gasteiger partial charge in [0.2, 0.25) is 5.13 Å². The minimum atomic E-state index is 0.730. The Balaban J connectivity index is 1.54. The number of hydrogen-bond donors (Lipinski definition) is 1. The molecule has 1 aliphatic carbocycles. The van der Waals surface area contributed by atoms with Gasteiger partial charge in [0, 0.05) is 21.5 Å². The lowest BCUT2D eigenvalue weighted by atomic mass is 10.0. The predicted octanol–water partition coefficient (Wildman–Crippen LogP) is 5.53. The van der Waals surface area contributed by atoms with Gasteiger partial charge in [-0.15, -0.1) is 11.3 Å². The Morgan fingerprint density at radius 2 is 1.96 bits per heavy atom. The number of benzene rings is 2. The molecule has 4 rings (SSSR count). The number of aryl methyl sites for hydroxylation is 1. The van der Waals surface area contributed by atoms with Gasteiger partial charge in [0.15, 0.2) is 0 Å². The van der Waals surface area contributed by atoms with E-state index in [1.54, 1.807) is 11.3 Å². The number of hydrogen-bond acceptors (Lipinski definition) is 4. The standard InChI is InChI=1S/C19H16ClN3S/c1-12-3-2-4-16-15(12)9-10-17(16)22-23-19-21-18(11-24-19)13-5-7-14(20)8-6-13/h2-8,11H,9-10H2,1H3,(H,21,23)/b22-17+. The molecule has 24 heavy (non-hydrogen) atoms. The minimum absolute atomic E-state index is 0.730. The molecule has 5 heteroatoms. The van der Waals surface area contributed by atoms with E-state index in [1.807, 2.05) is 29.6 Å². The van der Waals surface area contributed by atoms with Crippen molar-refractivity contribution in [3.05, 3.63) is 69.6 Å². The molecule has 1 aliphatic rings. The second-order valence-corrected chi connectivity index (χ2v) is 7.11. The van der Waals surface area contributed by atoms with E-state index in [-0.39, 0.29) is 0 Å². The van der Waals surface area contributed by atoms with Crippen LogP contribution in [0.2, 0.25) is 5.02 Å². The van der Waals surface area contributed by atoms with E-state index in [0.29, 0.717) is 0 Å². The molecule has 0 atom stereocenters. The molecule has 1 aromatic heterocycles. The van der Waals surface area contributed by atoms with Gasteiger partial charge < -0.3 is 0 Å². The van der Waals surface area contributed by atoms with E-state index in [2.05, 4.69) is 40.6 Å². The Kier molecular flexibility index (Phi) is 4.08. The van der Waals surface area contributed by atoms with Crippen LogP contribution in [-0.2, 0) is 6.42 Å². The third kappa shape index (κ3) is 2.95. The van der Waals surface area contributed by atoms with Gasteiger partial charge in [-0.3, -0.25) is 5.43 Å². The molecule has 0 amide bonds. The number of rotatable bonds is 3. The fourth-order valence-electron chi connectivity index (χ4n) is 2.99. The first kappa shape index (κ1) is 15.4. The molecular formula is C19H16ClN3S. The molecule has 3 aromatic rings. The summed E-state index contributed by atoms with van der Waals surface area (Å²) in [5, 5.41) is 8.15. The van der Waals surface area contributed by atoms with E-state index in [9.17, 15) is 0 Å². The summed E-state index contributed by atoms with van der Waals surface area (Å²) in [6, 6.07) is 14.1. The van der Waals surface area contributed by atoms with Gasteiger partial charge >= 0.3 is 0 Å². The molecular weight excluding hydrogens is 338 g/mol. The first-order valence-corrected chi connectivity index (χ1v) is 9.09. The molecule has 0 unspecified atom stereocenters. The van der Waals surface area contributed by atoms with Gasteiger partial charge in [0.1, 0.15) is 0 Å². The van der Waals surface area contributed by atoms with E-state index < -0.39 is 0 Å². The van der Waals surface area contributed by atoms with Crippen molar-refractivity contribution in [2.45, 2.75) is 19.8 Å². The monoisotopic (exact) mass is 353 g/mol. The van der Waals surface area contributed by atoms with Gasteiger partial charge in [-0.25, -0.2) is 4.98 Å². The van der Waals surface area contributed by atoms with Crippen molar-refractivity contribution in [3.8, 4) is 11.3 Å². The van der Waals surface area contributed by atoms with Gasteiger partial charge in [0.25, 0.3) is 0 Å². The van der Waals surface area contributed by atoms with Crippen LogP contribution < -0.4 is 5.43 Å². The Morgan fingerprint density at radius 1 is 1.12 bits per heavy atom. The van der Waals surface area contributed by atoms with Crippen molar-refractivity contribution in [2.75, 3.05) is 5.43 Å². The summed E-state index contributed by atoms with van der Waals surface area (Å²) in [7, 11) is 0. The highest BCUT2D eigenvalue weighted by atomic mass is 35.5. The minimum Gasteiger partial charge on any atom is -0.252 e. The normalized spacial score (nSPS) is 14.8. The van der Waals surface area contributed by atoms with E-state index in [0.717, 1.165) is 40.0 Å². The highest BCUT2D eigenvalue weighted by Gasteiger charge is 2.19. The molecule has 1 N–H and O–H groups in total. The average Bonchev–Trinajstić information content (AvgIpc) is 3.21. The lowest BCUT2D eigenvalue weighted by molar-refractivity contribution is 1.07. The number of nitrogens with zero attached hydrogens (tertiary/aromatic N) is 2.